The molecule has 9 nitrogen and oxygen atoms in total. The van der Waals surface area contributed by atoms with Crippen molar-refractivity contribution in [3.63, 3.8) is 0 Å². The van der Waals surface area contributed by atoms with E-state index < -0.39 is 0 Å². The van der Waals surface area contributed by atoms with Crippen LogP contribution in [0.25, 0.3) is 83.9 Å². The first kappa shape index (κ1) is 35.5. The summed E-state index contributed by atoms with van der Waals surface area (Å²) in [6.45, 7) is 0. The molecule has 0 saturated carbocycles. The van der Waals surface area contributed by atoms with Crippen LogP contribution < -0.4 is 0 Å². The number of hydrogen-bond donors (Lipinski definition) is 0. The minimum Gasteiger partial charge on any atom is -0.308 e. The van der Waals surface area contributed by atoms with Gasteiger partial charge in [-0.3, -0.25) is 0 Å². The maximum Gasteiger partial charge on any atom is 0.164 e. The lowest BCUT2D eigenvalue weighted by Crippen LogP contribution is -2.02. The van der Waals surface area contributed by atoms with Gasteiger partial charge in [-0.15, -0.1) is 0 Å². The smallest absolute Gasteiger partial charge is 0.164 e. The van der Waals surface area contributed by atoms with E-state index in [0.29, 0.717) is 67.7 Å². The average molecular weight is 752 g/mol. The number of aromatic nitrogens is 4. The SMILES string of the molecule is N#Cc1ccc(-c2ccc3c(c2)c2cc(-c4ccc(C#N)cc4C#N)ccc2n3-c2cc(-c3nc(-c4ccccc4)nc(-c4ccccc4)n3)ccc2C#N)c(C#N)c1. The standard InChI is InChI=1S/C50H25N9/c51-26-31-11-17-41(39(21-31)29-54)35-15-19-45-43(23-35)44-24-36(42-18-12-32(27-52)22-40(42)30-55)16-20-46(44)59(45)47-25-37(13-14-38(47)28-53)50-57-48(33-7-3-1-4-8-33)56-49(58-50)34-9-5-2-6-10-34/h1-25H. The Labute approximate surface area is 338 Å². The summed E-state index contributed by atoms with van der Waals surface area (Å²) in [6.07, 6.45) is 0. The minimum absolute atomic E-state index is 0.366. The topological polar surface area (TPSA) is 163 Å². The maximum absolute atomic E-state index is 10.6. The predicted octanol–water partition coefficient (Wildman–Crippen LogP) is 10.7. The van der Waals surface area contributed by atoms with E-state index in [4.69, 9.17) is 15.0 Å². The first-order valence-corrected chi connectivity index (χ1v) is 18.4. The van der Waals surface area contributed by atoms with E-state index in [-0.39, 0.29) is 0 Å². The lowest BCUT2D eigenvalue weighted by Gasteiger charge is -2.13. The molecule has 9 aromatic rings. The van der Waals surface area contributed by atoms with E-state index in [1.807, 2.05) is 114 Å². The molecule has 0 amide bonds. The zero-order valence-corrected chi connectivity index (χ0v) is 31.0. The lowest BCUT2D eigenvalue weighted by molar-refractivity contribution is 1.07. The van der Waals surface area contributed by atoms with Crippen LogP contribution in [0.4, 0.5) is 0 Å². The summed E-state index contributed by atoms with van der Waals surface area (Å²) in [5, 5.41) is 51.4. The summed E-state index contributed by atoms with van der Waals surface area (Å²) in [4.78, 5) is 14.7. The Hall–Kier alpha value is -9.20. The number of benzene rings is 7. The van der Waals surface area contributed by atoms with Crippen LogP contribution in [-0.2, 0) is 0 Å². The van der Waals surface area contributed by atoms with E-state index in [0.717, 1.165) is 44.1 Å². The Morgan fingerprint density at radius 1 is 0.356 bits per heavy atom. The van der Waals surface area contributed by atoms with Crippen molar-refractivity contribution in [2.75, 3.05) is 0 Å². The number of fused-ring (bicyclic) bond motifs is 3. The van der Waals surface area contributed by atoms with Crippen LogP contribution >= 0.6 is 0 Å². The first-order chi connectivity index (χ1) is 29.0. The second-order valence-corrected chi connectivity index (χ2v) is 13.6. The lowest BCUT2D eigenvalue weighted by atomic mass is 9.95. The zero-order valence-electron chi connectivity index (χ0n) is 31.0. The maximum atomic E-state index is 10.6. The highest BCUT2D eigenvalue weighted by Gasteiger charge is 2.20. The molecule has 9 heteroatoms. The van der Waals surface area contributed by atoms with Gasteiger partial charge in [-0.25, -0.2) is 15.0 Å². The molecule has 7 aromatic carbocycles. The molecule has 59 heavy (non-hydrogen) atoms. The molecule has 0 aliphatic rings. The molecule has 0 unspecified atom stereocenters. The van der Waals surface area contributed by atoms with Crippen molar-refractivity contribution in [2.45, 2.75) is 0 Å². The van der Waals surface area contributed by atoms with Crippen LogP contribution in [0.5, 0.6) is 0 Å². The molecular formula is C50H25N9. The van der Waals surface area contributed by atoms with Crippen molar-refractivity contribution in [2.24, 2.45) is 0 Å². The molecule has 2 heterocycles. The number of rotatable bonds is 6. The van der Waals surface area contributed by atoms with Crippen molar-refractivity contribution in [1.29, 1.82) is 26.3 Å². The van der Waals surface area contributed by atoms with E-state index in [9.17, 15) is 26.3 Å². The summed E-state index contributed by atoms with van der Waals surface area (Å²) in [5.74, 6) is 1.45. The van der Waals surface area contributed by atoms with Gasteiger partial charge in [0.15, 0.2) is 17.5 Å². The fourth-order valence-electron chi connectivity index (χ4n) is 7.42. The van der Waals surface area contributed by atoms with Gasteiger partial charge in [0.2, 0.25) is 0 Å². The Morgan fingerprint density at radius 3 is 1.24 bits per heavy atom. The van der Waals surface area contributed by atoms with Crippen LogP contribution in [0.15, 0.2) is 152 Å². The predicted molar refractivity (Wildman–Crippen MR) is 225 cm³/mol. The highest BCUT2D eigenvalue weighted by molar-refractivity contribution is 6.12. The van der Waals surface area contributed by atoms with E-state index in [2.05, 4.69) is 30.3 Å². The van der Waals surface area contributed by atoms with Gasteiger partial charge in [-0.05, 0) is 89.0 Å². The Morgan fingerprint density at radius 2 is 0.797 bits per heavy atom. The number of nitrogens with zero attached hydrogens (tertiary/aromatic N) is 9. The monoisotopic (exact) mass is 751 g/mol. The average Bonchev–Trinajstić information content (AvgIpc) is 3.63. The number of nitriles is 5. The second kappa shape index (κ2) is 14.8. The molecule has 270 valence electrons. The Balaban J connectivity index is 1.30. The van der Waals surface area contributed by atoms with Crippen LogP contribution in [-0.4, -0.2) is 19.5 Å². The largest absolute Gasteiger partial charge is 0.308 e. The van der Waals surface area contributed by atoms with Crippen molar-refractivity contribution in [1.82, 2.24) is 19.5 Å². The first-order valence-electron chi connectivity index (χ1n) is 18.4. The molecule has 0 aliphatic carbocycles. The highest BCUT2D eigenvalue weighted by atomic mass is 15.0. The molecule has 0 radical (unpaired) electrons. The van der Waals surface area contributed by atoms with Gasteiger partial charge < -0.3 is 4.57 Å². The van der Waals surface area contributed by atoms with Crippen molar-refractivity contribution >= 4 is 21.8 Å². The van der Waals surface area contributed by atoms with Crippen molar-refractivity contribution in [3.8, 4) is 92.5 Å². The summed E-state index contributed by atoms with van der Waals surface area (Å²) >= 11 is 0. The van der Waals surface area contributed by atoms with Gasteiger partial charge in [0.05, 0.1) is 68.8 Å². The third-order valence-corrected chi connectivity index (χ3v) is 10.2. The Bertz CT molecular complexity index is 3200. The summed E-state index contributed by atoms with van der Waals surface area (Å²) in [6, 6.07) is 57.9. The second-order valence-electron chi connectivity index (χ2n) is 13.6. The normalized spacial score (nSPS) is 10.6. The third kappa shape index (κ3) is 6.34. The quantitative estimate of drug-likeness (QED) is 0.162. The molecular weight excluding hydrogens is 727 g/mol. The van der Waals surface area contributed by atoms with Gasteiger partial charge in [0.25, 0.3) is 0 Å². The van der Waals surface area contributed by atoms with Crippen molar-refractivity contribution < 1.29 is 0 Å². The Kier molecular flexibility index (Phi) is 8.90. The summed E-state index contributed by atoms with van der Waals surface area (Å²) < 4.78 is 2.03. The third-order valence-electron chi connectivity index (χ3n) is 10.2. The van der Waals surface area contributed by atoms with Gasteiger partial charge in [0.1, 0.15) is 6.07 Å². The van der Waals surface area contributed by atoms with Crippen LogP contribution in [0.1, 0.15) is 27.8 Å². The molecule has 2 aromatic heterocycles. The molecule has 9 rings (SSSR count). The number of hydrogen-bond acceptors (Lipinski definition) is 8. The highest BCUT2D eigenvalue weighted by Crippen LogP contribution is 2.40. The fourth-order valence-corrected chi connectivity index (χ4v) is 7.42. The summed E-state index contributed by atoms with van der Waals surface area (Å²) in [7, 11) is 0. The molecule has 0 fully saturated rings. The zero-order chi connectivity index (χ0) is 40.5. The van der Waals surface area contributed by atoms with E-state index in [1.165, 1.54) is 0 Å². The van der Waals surface area contributed by atoms with Gasteiger partial charge in [0, 0.05) is 27.5 Å². The molecule has 0 atom stereocenters. The minimum atomic E-state index is 0.366. The molecule has 0 bridgehead atoms. The molecule has 0 N–H and O–H groups in total. The van der Waals surface area contributed by atoms with Crippen LogP contribution in [0, 0.1) is 56.7 Å². The molecule has 0 aliphatic heterocycles. The van der Waals surface area contributed by atoms with Crippen molar-refractivity contribution in [3.05, 3.63) is 179 Å². The van der Waals surface area contributed by atoms with Gasteiger partial charge in [-0.2, -0.15) is 26.3 Å². The van der Waals surface area contributed by atoms with E-state index in [1.54, 1.807) is 42.5 Å². The van der Waals surface area contributed by atoms with E-state index >= 15 is 0 Å². The molecule has 0 spiro atoms. The summed E-state index contributed by atoms with van der Waals surface area (Å²) in [5.41, 5.74) is 9.29. The molecule has 0 saturated heterocycles. The van der Waals surface area contributed by atoms with Gasteiger partial charge in [-0.1, -0.05) is 84.9 Å². The van der Waals surface area contributed by atoms with Crippen LogP contribution in [0.2, 0.25) is 0 Å². The fraction of sp³-hybridized carbons (Fsp3) is 0. The van der Waals surface area contributed by atoms with Gasteiger partial charge >= 0.3 is 0 Å². The van der Waals surface area contributed by atoms with Crippen LogP contribution in [0.3, 0.4) is 0 Å².